The van der Waals surface area contributed by atoms with Crippen LogP contribution in [-0.4, -0.2) is 39.5 Å². The first-order valence-corrected chi connectivity index (χ1v) is 8.95. The van der Waals surface area contributed by atoms with Gasteiger partial charge in [0.25, 0.3) is 5.91 Å². The number of carbonyl (C=O) groups excluding carboxylic acids is 1. The van der Waals surface area contributed by atoms with Crippen molar-refractivity contribution in [2.75, 3.05) is 6.54 Å². The van der Waals surface area contributed by atoms with Gasteiger partial charge in [-0.1, -0.05) is 6.92 Å². The van der Waals surface area contributed by atoms with Crippen molar-refractivity contribution in [3.8, 4) is 11.3 Å². The summed E-state index contributed by atoms with van der Waals surface area (Å²) < 4.78 is 0. The number of aliphatic carboxylic acids is 1. The Labute approximate surface area is 145 Å². The summed E-state index contributed by atoms with van der Waals surface area (Å²) in [5.41, 5.74) is 2.96. The number of piperidine rings is 1. The molecule has 2 aromatic rings. The van der Waals surface area contributed by atoms with Gasteiger partial charge in [-0.3, -0.25) is 9.78 Å². The summed E-state index contributed by atoms with van der Waals surface area (Å²) in [7, 11) is 0. The number of nitrogens with zero attached hydrogens (tertiary/aromatic N) is 2. The highest BCUT2D eigenvalue weighted by Crippen LogP contribution is 2.26. The molecule has 5 nitrogen and oxygen atoms in total. The quantitative estimate of drug-likeness (QED) is 0.926. The summed E-state index contributed by atoms with van der Waals surface area (Å²) in [6, 6.07) is 4.82. The topological polar surface area (TPSA) is 70.5 Å². The molecule has 2 unspecified atom stereocenters. The summed E-state index contributed by atoms with van der Waals surface area (Å²) in [5, 5.41) is 13.4. The van der Waals surface area contributed by atoms with Crippen LogP contribution < -0.4 is 0 Å². The second-order valence-electron chi connectivity index (χ2n) is 6.32. The van der Waals surface area contributed by atoms with Crippen molar-refractivity contribution in [3.05, 3.63) is 40.2 Å². The van der Waals surface area contributed by atoms with E-state index in [4.69, 9.17) is 0 Å². The molecular weight excluding hydrogens is 324 g/mol. The lowest BCUT2D eigenvalue weighted by molar-refractivity contribution is -0.144. The smallest absolute Gasteiger partial charge is 0.326 e. The number of carboxylic acids is 1. The molecule has 0 radical (unpaired) electrons. The third-order valence-electron chi connectivity index (χ3n) is 4.54. The molecule has 0 saturated carbocycles. The van der Waals surface area contributed by atoms with E-state index in [9.17, 15) is 14.7 Å². The first-order valence-electron chi connectivity index (χ1n) is 8.01. The SMILES string of the molecule is Cc1nc(-c2ccsc2)ccc1C(=O)N1CCC(C)CC1C(=O)O. The molecule has 2 aromatic heterocycles. The molecule has 1 aliphatic heterocycles. The minimum Gasteiger partial charge on any atom is -0.480 e. The molecule has 1 fully saturated rings. The molecule has 3 rings (SSSR count). The summed E-state index contributed by atoms with van der Waals surface area (Å²) in [4.78, 5) is 30.4. The predicted molar refractivity (Wildman–Crippen MR) is 93.1 cm³/mol. The van der Waals surface area contributed by atoms with Crippen LogP contribution in [0.5, 0.6) is 0 Å². The lowest BCUT2D eigenvalue weighted by Gasteiger charge is -2.36. The van der Waals surface area contributed by atoms with Crippen LogP contribution in [0.4, 0.5) is 0 Å². The number of hydrogen-bond donors (Lipinski definition) is 1. The van der Waals surface area contributed by atoms with Crippen LogP contribution in [0.2, 0.25) is 0 Å². The third-order valence-corrected chi connectivity index (χ3v) is 5.23. The highest BCUT2D eigenvalue weighted by Gasteiger charge is 2.35. The number of hydrogen-bond acceptors (Lipinski definition) is 4. The Balaban J connectivity index is 1.88. The van der Waals surface area contributed by atoms with Crippen molar-refractivity contribution in [2.24, 2.45) is 5.92 Å². The number of rotatable bonds is 3. The average molecular weight is 344 g/mol. The van der Waals surface area contributed by atoms with Gasteiger partial charge in [0.05, 0.1) is 17.0 Å². The van der Waals surface area contributed by atoms with Gasteiger partial charge in [0.2, 0.25) is 0 Å². The number of carbonyl (C=O) groups is 2. The number of pyridine rings is 1. The van der Waals surface area contributed by atoms with E-state index in [0.717, 1.165) is 17.7 Å². The zero-order valence-electron chi connectivity index (χ0n) is 13.7. The molecule has 0 aromatic carbocycles. The van der Waals surface area contributed by atoms with Crippen LogP contribution in [0.25, 0.3) is 11.3 Å². The lowest BCUT2D eigenvalue weighted by atomic mass is 9.91. The molecule has 1 N–H and O–H groups in total. The van der Waals surface area contributed by atoms with E-state index in [1.165, 1.54) is 4.90 Å². The molecule has 0 bridgehead atoms. The number of carboxylic acid groups (broad SMARTS) is 1. The molecule has 1 aliphatic rings. The van der Waals surface area contributed by atoms with Crippen LogP contribution in [0.15, 0.2) is 29.0 Å². The number of thiophene rings is 1. The fraction of sp³-hybridized carbons (Fsp3) is 0.389. The maximum absolute atomic E-state index is 12.9. The van der Waals surface area contributed by atoms with Gasteiger partial charge in [-0.15, -0.1) is 0 Å². The molecule has 1 amide bonds. The van der Waals surface area contributed by atoms with Crippen molar-refractivity contribution in [2.45, 2.75) is 32.7 Å². The van der Waals surface area contributed by atoms with Crippen LogP contribution >= 0.6 is 11.3 Å². The van der Waals surface area contributed by atoms with Gasteiger partial charge in [0.15, 0.2) is 0 Å². The largest absolute Gasteiger partial charge is 0.480 e. The molecule has 0 spiro atoms. The van der Waals surface area contributed by atoms with Crippen LogP contribution in [-0.2, 0) is 4.79 Å². The average Bonchev–Trinajstić information content (AvgIpc) is 3.08. The van der Waals surface area contributed by atoms with E-state index < -0.39 is 12.0 Å². The summed E-state index contributed by atoms with van der Waals surface area (Å²) in [5.74, 6) is -0.859. The van der Waals surface area contributed by atoms with Crippen LogP contribution in [0.3, 0.4) is 0 Å². The molecule has 0 aliphatic carbocycles. The monoisotopic (exact) mass is 344 g/mol. The van der Waals surface area contributed by atoms with Crippen molar-refractivity contribution in [1.29, 1.82) is 0 Å². The van der Waals surface area contributed by atoms with Crippen molar-refractivity contribution in [3.63, 3.8) is 0 Å². The molecule has 3 heterocycles. The second-order valence-corrected chi connectivity index (χ2v) is 7.10. The Morgan fingerprint density at radius 1 is 1.33 bits per heavy atom. The third kappa shape index (κ3) is 3.19. The Kier molecular flexibility index (Phi) is 4.66. The molecule has 6 heteroatoms. The van der Waals surface area contributed by atoms with Crippen LogP contribution in [0, 0.1) is 12.8 Å². The van der Waals surface area contributed by atoms with Crippen molar-refractivity contribution >= 4 is 23.2 Å². The number of aromatic nitrogens is 1. The van der Waals surface area contributed by atoms with Gasteiger partial charge < -0.3 is 10.0 Å². The first-order chi connectivity index (χ1) is 11.5. The van der Waals surface area contributed by atoms with Gasteiger partial charge >= 0.3 is 5.97 Å². The minimum atomic E-state index is -0.935. The zero-order valence-corrected chi connectivity index (χ0v) is 14.5. The van der Waals surface area contributed by atoms with Gasteiger partial charge in [-0.25, -0.2) is 4.79 Å². The van der Waals surface area contributed by atoms with E-state index >= 15 is 0 Å². The molecule has 1 saturated heterocycles. The second kappa shape index (κ2) is 6.73. The fourth-order valence-corrected chi connectivity index (χ4v) is 3.78. The Morgan fingerprint density at radius 3 is 2.75 bits per heavy atom. The van der Waals surface area contributed by atoms with Crippen molar-refractivity contribution in [1.82, 2.24) is 9.88 Å². The minimum absolute atomic E-state index is 0.240. The maximum Gasteiger partial charge on any atom is 0.326 e. The van der Waals surface area contributed by atoms with Gasteiger partial charge in [0.1, 0.15) is 6.04 Å². The Bertz CT molecular complexity index is 758. The van der Waals surface area contributed by atoms with E-state index in [1.807, 2.05) is 29.8 Å². The molecular formula is C18H20N2O3S. The lowest BCUT2D eigenvalue weighted by Crippen LogP contribution is -2.50. The predicted octanol–water partition coefficient (Wildman–Crippen LogP) is 3.44. The normalized spacial score (nSPS) is 20.8. The van der Waals surface area contributed by atoms with E-state index in [1.54, 1.807) is 24.3 Å². The fourth-order valence-electron chi connectivity index (χ4n) is 3.13. The van der Waals surface area contributed by atoms with Gasteiger partial charge in [-0.2, -0.15) is 11.3 Å². The first kappa shape index (κ1) is 16.6. The Morgan fingerprint density at radius 2 is 2.12 bits per heavy atom. The van der Waals surface area contributed by atoms with E-state index in [2.05, 4.69) is 4.98 Å². The van der Waals surface area contributed by atoms with Gasteiger partial charge in [0, 0.05) is 17.5 Å². The van der Waals surface area contributed by atoms with E-state index in [0.29, 0.717) is 30.1 Å². The summed E-state index contributed by atoms with van der Waals surface area (Å²) >= 11 is 1.60. The molecule has 126 valence electrons. The molecule has 2 atom stereocenters. The number of amides is 1. The Hall–Kier alpha value is -2.21. The number of aryl methyl sites for hydroxylation is 1. The highest BCUT2D eigenvalue weighted by molar-refractivity contribution is 7.08. The highest BCUT2D eigenvalue weighted by atomic mass is 32.1. The molecule has 24 heavy (non-hydrogen) atoms. The summed E-state index contributed by atoms with van der Waals surface area (Å²) in [6.07, 6.45) is 1.33. The summed E-state index contributed by atoms with van der Waals surface area (Å²) in [6.45, 7) is 4.30. The standard InChI is InChI=1S/C18H20N2O3S/c1-11-5-7-20(16(9-11)18(22)23)17(21)14-3-4-15(19-12(14)2)13-6-8-24-10-13/h3-4,6,8,10-11,16H,5,7,9H2,1-2H3,(H,22,23). The van der Waals surface area contributed by atoms with Gasteiger partial charge in [-0.05, 0) is 49.3 Å². The van der Waals surface area contributed by atoms with Crippen molar-refractivity contribution < 1.29 is 14.7 Å². The number of likely N-dealkylation sites (tertiary alicyclic amines) is 1. The van der Waals surface area contributed by atoms with E-state index in [-0.39, 0.29) is 5.91 Å². The van der Waals surface area contributed by atoms with Crippen LogP contribution in [0.1, 0.15) is 35.8 Å². The maximum atomic E-state index is 12.9. The zero-order chi connectivity index (χ0) is 17.3.